The van der Waals surface area contributed by atoms with Gasteiger partial charge < -0.3 is 10.4 Å². The van der Waals surface area contributed by atoms with Crippen LogP contribution in [0.3, 0.4) is 0 Å². The first kappa shape index (κ1) is 12.6. The van der Waals surface area contributed by atoms with Gasteiger partial charge in [-0.25, -0.2) is 19.2 Å². The van der Waals surface area contributed by atoms with E-state index in [1.165, 1.54) is 24.5 Å². The summed E-state index contributed by atoms with van der Waals surface area (Å²) in [5.74, 6) is -2.53. The van der Waals surface area contributed by atoms with Crippen molar-refractivity contribution in [2.75, 3.05) is 5.32 Å². The molecular formula is C12H8FN3O3. The lowest BCUT2D eigenvalue weighted by molar-refractivity contribution is 0.0691. The molecule has 19 heavy (non-hydrogen) atoms. The van der Waals surface area contributed by atoms with E-state index in [9.17, 15) is 14.0 Å². The molecule has 1 aromatic carbocycles. The van der Waals surface area contributed by atoms with Gasteiger partial charge in [-0.2, -0.15) is 0 Å². The number of halogens is 1. The minimum Gasteiger partial charge on any atom is -0.476 e. The van der Waals surface area contributed by atoms with Gasteiger partial charge in [0, 0.05) is 18.0 Å². The Morgan fingerprint density at radius 3 is 2.37 bits per heavy atom. The van der Waals surface area contributed by atoms with Crippen LogP contribution in [0.2, 0.25) is 0 Å². The third kappa shape index (κ3) is 2.89. The second-order valence-corrected chi connectivity index (χ2v) is 3.52. The van der Waals surface area contributed by atoms with Crippen molar-refractivity contribution in [3.05, 3.63) is 53.7 Å². The predicted molar refractivity (Wildman–Crippen MR) is 63.3 cm³/mol. The van der Waals surface area contributed by atoms with E-state index in [2.05, 4.69) is 15.3 Å². The molecule has 0 saturated carbocycles. The molecule has 0 atom stereocenters. The molecule has 1 amide bonds. The van der Waals surface area contributed by atoms with Gasteiger partial charge in [0.2, 0.25) is 0 Å². The van der Waals surface area contributed by atoms with Crippen LogP contribution in [-0.2, 0) is 0 Å². The van der Waals surface area contributed by atoms with Gasteiger partial charge in [-0.05, 0) is 24.3 Å². The number of carbonyl (C=O) groups excluding carboxylic acids is 1. The predicted octanol–water partition coefficient (Wildman–Crippen LogP) is 1.57. The summed E-state index contributed by atoms with van der Waals surface area (Å²) >= 11 is 0. The molecule has 2 rings (SSSR count). The number of carboxylic acids is 1. The van der Waals surface area contributed by atoms with Gasteiger partial charge in [0.1, 0.15) is 5.82 Å². The molecule has 0 unspecified atom stereocenters. The zero-order valence-corrected chi connectivity index (χ0v) is 9.50. The Hall–Kier alpha value is -2.83. The number of benzene rings is 1. The van der Waals surface area contributed by atoms with Crippen molar-refractivity contribution in [3.8, 4) is 0 Å². The summed E-state index contributed by atoms with van der Waals surface area (Å²) in [7, 11) is 0. The first-order valence-corrected chi connectivity index (χ1v) is 5.19. The van der Waals surface area contributed by atoms with Crippen molar-refractivity contribution >= 4 is 17.7 Å². The lowest BCUT2D eigenvalue weighted by Crippen LogP contribution is -2.17. The number of aromatic nitrogens is 2. The van der Waals surface area contributed by atoms with Crippen molar-refractivity contribution < 1.29 is 19.1 Å². The highest BCUT2D eigenvalue weighted by atomic mass is 19.1. The molecule has 96 valence electrons. The van der Waals surface area contributed by atoms with Crippen molar-refractivity contribution in [2.45, 2.75) is 0 Å². The van der Waals surface area contributed by atoms with E-state index in [0.29, 0.717) is 0 Å². The number of amides is 1. The minimum atomic E-state index is -1.30. The van der Waals surface area contributed by atoms with Gasteiger partial charge in [-0.3, -0.25) is 4.79 Å². The fourth-order valence-electron chi connectivity index (χ4n) is 1.37. The van der Waals surface area contributed by atoms with Gasteiger partial charge in [-0.1, -0.05) is 0 Å². The highest BCUT2D eigenvalue weighted by molar-refractivity contribution is 6.06. The van der Waals surface area contributed by atoms with Gasteiger partial charge in [0.05, 0.1) is 0 Å². The van der Waals surface area contributed by atoms with Crippen LogP contribution in [0, 0.1) is 5.82 Å². The third-order valence-corrected chi connectivity index (χ3v) is 2.24. The summed E-state index contributed by atoms with van der Waals surface area (Å²) in [4.78, 5) is 30.0. The molecule has 7 heteroatoms. The van der Waals surface area contributed by atoms with Crippen molar-refractivity contribution in [1.29, 1.82) is 0 Å². The molecule has 2 aromatic rings. The molecule has 2 N–H and O–H groups in total. The Bertz CT molecular complexity index is 628. The Morgan fingerprint density at radius 2 is 1.74 bits per heavy atom. The summed E-state index contributed by atoms with van der Waals surface area (Å²) in [5.41, 5.74) is -0.179. The molecule has 0 saturated heterocycles. The van der Waals surface area contributed by atoms with E-state index in [4.69, 9.17) is 5.11 Å². The number of hydrogen-bond donors (Lipinski definition) is 2. The zero-order valence-electron chi connectivity index (χ0n) is 9.50. The fraction of sp³-hybridized carbons (Fsp3) is 0. The number of carboxylic acid groups (broad SMARTS) is 1. The Kier molecular flexibility index (Phi) is 3.46. The molecule has 0 spiro atoms. The molecule has 1 aromatic heterocycles. The summed E-state index contributed by atoms with van der Waals surface area (Å²) in [6.45, 7) is 0. The van der Waals surface area contributed by atoms with E-state index in [1.54, 1.807) is 0 Å². The average molecular weight is 261 g/mol. The number of hydrogen-bond acceptors (Lipinski definition) is 4. The summed E-state index contributed by atoms with van der Waals surface area (Å²) in [5, 5.41) is 11.2. The summed E-state index contributed by atoms with van der Waals surface area (Å²) in [6.07, 6.45) is 2.46. The maximum atomic E-state index is 12.7. The highest BCUT2D eigenvalue weighted by Gasteiger charge is 2.15. The normalized spacial score (nSPS) is 9.95. The topological polar surface area (TPSA) is 92.2 Å². The first-order chi connectivity index (χ1) is 9.08. The number of nitrogens with one attached hydrogen (secondary N) is 1. The second-order valence-electron chi connectivity index (χ2n) is 3.52. The Balaban J connectivity index is 2.24. The van der Waals surface area contributed by atoms with Crippen LogP contribution in [-0.4, -0.2) is 27.0 Å². The third-order valence-electron chi connectivity index (χ3n) is 2.24. The van der Waals surface area contributed by atoms with E-state index in [0.717, 1.165) is 12.1 Å². The quantitative estimate of drug-likeness (QED) is 0.874. The molecule has 0 aliphatic rings. The summed E-state index contributed by atoms with van der Waals surface area (Å²) in [6, 6.07) is 4.82. The van der Waals surface area contributed by atoms with Crippen LogP contribution in [0.15, 0.2) is 36.7 Å². The Labute approximate surface area is 106 Å². The first-order valence-electron chi connectivity index (χ1n) is 5.19. The molecule has 0 fully saturated rings. The number of nitrogens with zero attached hydrogens (tertiary/aromatic N) is 2. The van der Waals surface area contributed by atoms with Crippen LogP contribution >= 0.6 is 0 Å². The molecule has 0 radical (unpaired) electrons. The molecule has 0 bridgehead atoms. The average Bonchev–Trinajstić information content (AvgIpc) is 2.39. The van der Waals surface area contributed by atoms with Gasteiger partial charge in [0.15, 0.2) is 11.5 Å². The maximum absolute atomic E-state index is 12.7. The molecule has 6 nitrogen and oxygen atoms in total. The highest BCUT2D eigenvalue weighted by Crippen LogP contribution is 2.11. The monoisotopic (exact) mass is 261 g/mol. The lowest BCUT2D eigenvalue weighted by Gasteiger charge is -2.06. The number of carbonyl (C=O) groups is 2. The minimum absolute atomic E-state index is 0.163. The summed E-state index contributed by atoms with van der Waals surface area (Å²) < 4.78 is 12.7. The van der Waals surface area contributed by atoms with Crippen LogP contribution < -0.4 is 5.32 Å². The number of rotatable bonds is 3. The van der Waals surface area contributed by atoms with Crippen molar-refractivity contribution in [2.24, 2.45) is 0 Å². The molecule has 1 heterocycles. The smallest absolute Gasteiger partial charge is 0.358 e. The van der Waals surface area contributed by atoms with E-state index < -0.39 is 17.7 Å². The largest absolute Gasteiger partial charge is 0.476 e. The number of anilines is 1. The molecule has 0 aliphatic carbocycles. The van der Waals surface area contributed by atoms with E-state index in [1.807, 2.05) is 0 Å². The number of aromatic carboxylic acids is 1. The van der Waals surface area contributed by atoms with Gasteiger partial charge >= 0.3 is 5.97 Å². The SMILES string of the molecule is O=C(Nc1nccnc1C(=O)O)c1ccc(F)cc1. The van der Waals surface area contributed by atoms with Crippen molar-refractivity contribution in [1.82, 2.24) is 9.97 Å². The van der Waals surface area contributed by atoms with Crippen LogP contribution in [0.1, 0.15) is 20.8 Å². The maximum Gasteiger partial charge on any atom is 0.358 e. The van der Waals surface area contributed by atoms with Crippen LogP contribution in [0.4, 0.5) is 10.2 Å². The Morgan fingerprint density at radius 1 is 1.11 bits per heavy atom. The molecule has 0 aliphatic heterocycles. The van der Waals surface area contributed by atoms with Gasteiger partial charge in [-0.15, -0.1) is 0 Å². The standard InChI is InChI=1S/C12H8FN3O3/c13-8-3-1-7(2-4-8)11(17)16-10-9(12(18)19)14-5-6-15-10/h1-6H,(H,18,19)(H,15,16,17). The van der Waals surface area contributed by atoms with Gasteiger partial charge in [0.25, 0.3) is 5.91 Å². The second kappa shape index (κ2) is 5.21. The fourth-order valence-corrected chi connectivity index (χ4v) is 1.37. The molecular weight excluding hydrogens is 253 g/mol. The van der Waals surface area contributed by atoms with E-state index in [-0.39, 0.29) is 17.1 Å². The lowest BCUT2D eigenvalue weighted by atomic mass is 10.2. The van der Waals surface area contributed by atoms with E-state index >= 15 is 0 Å². The van der Waals surface area contributed by atoms with Crippen LogP contribution in [0.25, 0.3) is 0 Å². The zero-order chi connectivity index (χ0) is 13.8. The van der Waals surface area contributed by atoms with Crippen LogP contribution in [0.5, 0.6) is 0 Å². The van der Waals surface area contributed by atoms with Crippen molar-refractivity contribution in [3.63, 3.8) is 0 Å².